The number of H-pyrrole nitrogens is 1. The molecule has 0 saturated carbocycles. The zero-order valence-electron chi connectivity index (χ0n) is 8.73. The number of Topliss-reactive ketones (excluding diaryl/α,β-unsaturated/α-hetero) is 1. The summed E-state index contributed by atoms with van der Waals surface area (Å²) in [6, 6.07) is 11.7. The van der Waals surface area contributed by atoms with Crippen LogP contribution >= 0.6 is 0 Å². The van der Waals surface area contributed by atoms with Crippen LogP contribution in [0.2, 0.25) is 0 Å². The Morgan fingerprint density at radius 3 is 2.81 bits per heavy atom. The van der Waals surface area contributed by atoms with E-state index in [-0.39, 0.29) is 11.8 Å². The number of hydrogen-bond donors (Lipinski definition) is 2. The van der Waals surface area contributed by atoms with Crippen LogP contribution < -0.4 is 5.32 Å². The van der Waals surface area contributed by atoms with Crippen molar-refractivity contribution in [3.05, 3.63) is 53.9 Å². The summed E-state index contributed by atoms with van der Waals surface area (Å²) in [5.74, 6) is 0.203. The van der Waals surface area contributed by atoms with E-state index in [9.17, 15) is 4.79 Å². The maximum absolute atomic E-state index is 11.9. The van der Waals surface area contributed by atoms with Gasteiger partial charge in [-0.3, -0.25) is 4.79 Å². The number of nitrogens with one attached hydrogen (secondary N) is 2. The molecule has 0 aliphatic carbocycles. The zero-order valence-corrected chi connectivity index (χ0v) is 8.73. The summed E-state index contributed by atoms with van der Waals surface area (Å²) in [7, 11) is 0. The quantitative estimate of drug-likeness (QED) is 0.763. The van der Waals surface area contributed by atoms with Gasteiger partial charge in [-0.15, -0.1) is 0 Å². The fraction of sp³-hybridized carbons (Fsp3) is 0.154. The highest BCUT2D eigenvalue weighted by atomic mass is 16.1. The summed E-state index contributed by atoms with van der Waals surface area (Å²) in [5.41, 5.74) is 2.78. The number of rotatable bonds is 1. The minimum Gasteiger partial charge on any atom is -0.376 e. The number of benzene rings is 1. The Hall–Kier alpha value is -2.03. The van der Waals surface area contributed by atoms with Gasteiger partial charge in [-0.2, -0.15) is 0 Å². The summed E-state index contributed by atoms with van der Waals surface area (Å²) in [4.78, 5) is 15.1. The predicted molar refractivity (Wildman–Crippen MR) is 62.5 cm³/mol. The van der Waals surface area contributed by atoms with Crippen molar-refractivity contribution in [3.63, 3.8) is 0 Å². The molecule has 1 aromatic carbocycles. The number of anilines is 1. The number of ketones is 1. The predicted octanol–water partition coefficient (Wildman–Crippen LogP) is 2.75. The van der Waals surface area contributed by atoms with Crippen molar-refractivity contribution < 1.29 is 4.79 Å². The van der Waals surface area contributed by atoms with Crippen molar-refractivity contribution in [3.8, 4) is 0 Å². The Kier molecular flexibility index (Phi) is 2.03. The minimum absolute atomic E-state index is 0.0670. The highest BCUT2D eigenvalue weighted by Gasteiger charge is 2.25. The van der Waals surface area contributed by atoms with Crippen molar-refractivity contribution in [1.82, 2.24) is 4.98 Å². The van der Waals surface area contributed by atoms with Gasteiger partial charge in [0.05, 0.1) is 6.04 Å². The lowest BCUT2D eigenvalue weighted by Crippen LogP contribution is -2.22. The smallest absolute Gasteiger partial charge is 0.167 e. The molecule has 80 valence electrons. The van der Waals surface area contributed by atoms with E-state index >= 15 is 0 Å². The fourth-order valence-electron chi connectivity index (χ4n) is 2.13. The standard InChI is InChI=1S/C13H12N2O/c16-13-8-12(11-6-3-7-14-11)15-10-5-2-1-4-9(10)13/h1-7,12,14-15H,8H2. The van der Waals surface area contributed by atoms with Crippen molar-refractivity contribution in [1.29, 1.82) is 0 Å². The van der Waals surface area contributed by atoms with Gasteiger partial charge in [-0.05, 0) is 24.3 Å². The first-order valence-corrected chi connectivity index (χ1v) is 5.36. The molecule has 16 heavy (non-hydrogen) atoms. The Morgan fingerprint density at radius 1 is 1.12 bits per heavy atom. The molecule has 0 radical (unpaired) electrons. The average molecular weight is 212 g/mol. The summed E-state index contributed by atoms with van der Waals surface area (Å²) in [6.45, 7) is 0. The number of carbonyl (C=O) groups excluding carboxylic acids is 1. The molecular weight excluding hydrogens is 200 g/mol. The number of fused-ring (bicyclic) bond motifs is 1. The fourth-order valence-corrected chi connectivity index (χ4v) is 2.13. The van der Waals surface area contributed by atoms with Crippen molar-refractivity contribution in [2.45, 2.75) is 12.5 Å². The van der Waals surface area contributed by atoms with Crippen LogP contribution in [0.5, 0.6) is 0 Å². The summed E-state index contributed by atoms with van der Waals surface area (Å²) < 4.78 is 0. The van der Waals surface area contributed by atoms with Crippen molar-refractivity contribution >= 4 is 11.5 Å². The number of para-hydroxylation sites is 1. The Morgan fingerprint density at radius 2 is 2.00 bits per heavy atom. The lowest BCUT2D eigenvalue weighted by molar-refractivity contribution is 0.0972. The van der Waals surface area contributed by atoms with Gasteiger partial charge in [0.1, 0.15) is 0 Å². The minimum atomic E-state index is 0.0670. The molecule has 2 aromatic rings. The molecule has 1 aliphatic rings. The first-order valence-electron chi connectivity index (χ1n) is 5.36. The van der Waals surface area contributed by atoms with E-state index in [1.165, 1.54) is 0 Å². The topological polar surface area (TPSA) is 44.9 Å². The largest absolute Gasteiger partial charge is 0.376 e. The van der Waals surface area contributed by atoms with Gasteiger partial charge in [0, 0.05) is 29.6 Å². The highest BCUT2D eigenvalue weighted by molar-refractivity contribution is 6.03. The Labute approximate surface area is 93.5 Å². The lowest BCUT2D eigenvalue weighted by Gasteiger charge is -2.25. The normalized spacial score (nSPS) is 19.0. The second kappa shape index (κ2) is 3.52. The van der Waals surface area contributed by atoms with Crippen LogP contribution in [0.15, 0.2) is 42.6 Å². The summed E-state index contributed by atoms with van der Waals surface area (Å²) in [5, 5.41) is 3.38. The maximum atomic E-state index is 11.9. The molecule has 0 bridgehead atoms. The second-order valence-electron chi connectivity index (χ2n) is 4.00. The SMILES string of the molecule is O=C1CC(c2ccc[nH]2)Nc2ccccc21. The van der Waals surface area contributed by atoms with Gasteiger partial charge in [0.25, 0.3) is 0 Å². The van der Waals surface area contributed by atoms with E-state index in [0.717, 1.165) is 16.9 Å². The Balaban J connectivity index is 1.98. The lowest BCUT2D eigenvalue weighted by atomic mass is 9.95. The van der Waals surface area contributed by atoms with E-state index in [1.807, 2.05) is 42.6 Å². The first-order chi connectivity index (χ1) is 7.84. The van der Waals surface area contributed by atoms with Crippen molar-refractivity contribution in [2.75, 3.05) is 5.32 Å². The van der Waals surface area contributed by atoms with Crippen molar-refractivity contribution in [2.24, 2.45) is 0 Å². The molecule has 0 fully saturated rings. The van der Waals surface area contributed by atoms with Gasteiger partial charge in [-0.25, -0.2) is 0 Å². The van der Waals surface area contributed by atoms with Gasteiger partial charge >= 0.3 is 0 Å². The summed E-state index contributed by atoms with van der Waals surface area (Å²) >= 11 is 0. The van der Waals surface area contributed by atoms with Gasteiger partial charge < -0.3 is 10.3 Å². The van der Waals surface area contributed by atoms with Gasteiger partial charge in [0.15, 0.2) is 5.78 Å². The van der Waals surface area contributed by atoms with E-state index in [4.69, 9.17) is 0 Å². The first kappa shape index (κ1) is 9.21. The second-order valence-corrected chi connectivity index (χ2v) is 4.00. The van der Waals surface area contributed by atoms with Crippen LogP contribution in [-0.4, -0.2) is 10.8 Å². The third-order valence-electron chi connectivity index (χ3n) is 2.94. The third-order valence-corrected chi connectivity index (χ3v) is 2.94. The molecule has 1 atom stereocenters. The molecule has 1 aromatic heterocycles. The van der Waals surface area contributed by atoms with Crippen LogP contribution in [0.1, 0.15) is 28.5 Å². The average Bonchev–Trinajstić information content (AvgIpc) is 2.82. The molecule has 2 N–H and O–H groups in total. The van der Waals surface area contributed by atoms with E-state index in [2.05, 4.69) is 10.3 Å². The van der Waals surface area contributed by atoms with Crippen LogP contribution in [0, 0.1) is 0 Å². The van der Waals surface area contributed by atoms with E-state index in [0.29, 0.717) is 6.42 Å². The highest BCUT2D eigenvalue weighted by Crippen LogP contribution is 2.31. The molecule has 2 heterocycles. The number of carbonyl (C=O) groups is 1. The van der Waals surface area contributed by atoms with Gasteiger partial charge in [-0.1, -0.05) is 12.1 Å². The number of hydrogen-bond acceptors (Lipinski definition) is 2. The molecule has 0 saturated heterocycles. The number of aromatic nitrogens is 1. The zero-order chi connectivity index (χ0) is 11.0. The Bertz CT molecular complexity index is 516. The molecule has 1 aliphatic heterocycles. The van der Waals surface area contributed by atoms with E-state index in [1.54, 1.807) is 0 Å². The molecule has 3 nitrogen and oxygen atoms in total. The molecule has 0 amide bonds. The van der Waals surface area contributed by atoms with Crippen LogP contribution in [0.25, 0.3) is 0 Å². The van der Waals surface area contributed by atoms with Crippen LogP contribution in [0.4, 0.5) is 5.69 Å². The molecule has 0 spiro atoms. The molecule has 1 unspecified atom stereocenters. The molecule has 3 heteroatoms. The van der Waals surface area contributed by atoms with Crippen LogP contribution in [-0.2, 0) is 0 Å². The maximum Gasteiger partial charge on any atom is 0.167 e. The molecule has 3 rings (SSSR count). The monoisotopic (exact) mass is 212 g/mol. The third kappa shape index (κ3) is 1.41. The van der Waals surface area contributed by atoms with Crippen LogP contribution in [0.3, 0.4) is 0 Å². The van der Waals surface area contributed by atoms with Gasteiger partial charge in [0.2, 0.25) is 0 Å². The number of aromatic amines is 1. The summed E-state index contributed by atoms with van der Waals surface area (Å²) in [6.07, 6.45) is 2.39. The van der Waals surface area contributed by atoms with E-state index < -0.39 is 0 Å². The molecular formula is C13H12N2O.